The maximum absolute atomic E-state index is 13.7. The summed E-state index contributed by atoms with van der Waals surface area (Å²) in [6.45, 7) is 9.57. The molecule has 3 rings (SSSR count). The Morgan fingerprint density at radius 1 is 0.800 bits per heavy atom. The lowest BCUT2D eigenvalue weighted by Gasteiger charge is -2.26. The SMILES string of the molecule is C[C@@H](CP(=O)(OCOC(=O)C(C)(C)C)OCOC(=O)C(C)(C)C)[C@H](NC(=O)OCC1c2ccccc2-c2ccccc21)C(=O)O. The Morgan fingerprint density at radius 2 is 1.24 bits per heavy atom. The molecule has 1 aliphatic carbocycles. The van der Waals surface area contributed by atoms with Crippen molar-refractivity contribution in [1.29, 1.82) is 0 Å². The molecule has 0 unspecified atom stereocenters. The highest BCUT2D eigenvalue weighted by Gasteiger charge is 2.37. The number of carboxylic acids is 1. The number of alkyl carbamates (subject to hydrolysis) is 1. The highest BCUT2D eigenvalue weighted by molar-refractivity contribution is 7.53. The van der Waals surface area contributed by atoms with Crippen molar-refractivity contribution in [3.05, 3.63) is 59.7 Å². The molecule has 2 N–H and O–H groups in total. The summed E-state index contributed by atoms with van der Waals surface area (Å²) >= 11 is 0. The van der Waals surface area contributed by atoms with Gasteiger partial charge in [0, 0.05) is 5.92 Å². The van der Waals surface area contributed by atoms with E-state index in [1.807, 2.05) is 48.5 Å². The highest BCUT2D eigenvalue weighted by atomic mass is 31.2. The van der Waals surface area contributed by atoms with Crippen LogP contribution in [0.25, 0.3) is 11.1 Å². The summed E-state index contributed by atoms with van der Waals surface area (Å²) in [6, 6.07) is 14.0. The van der Waals surface area contributed by atoms with Gasteiger partial charge in [0.1, 0.15) is 12.6 Å². The van der Waals surface area contributed by atoms with Crippen LogP contribution in [0.3, 0.4) is 0 Å². The molecule has 45 heavy (non-hydrogen) atoms. The van der Waals surface area contributed by atoms with Crippen LogP contribution in [0.1, 0.15) is 65.5 Å². The normalized spacial score (nSPS) is 14.5. The second kappa shape index (κ2) is 14.6. The van der Waals surface area contributed by atoms with Gasteiger partial charge in [0.25, 0.3) is 0 Å². The lowest BCUT2D eigenvalue weighted by atomic mass is 9.98. The summed E-state index contributed by atoms with van der Waals surface area (Å²) in [5, 5.41) is 12.3. The molecule has 246 valence electrons. The molecule has 0 saturated carbocycles. The minimum absolute atomic E-state index is 0.0381. The molecule has 2 aromatic carbocycles. The number of hydrogen-bond donors (Lipinski definition) is 2. The van der Waals surface area contributed by atoms with Crippen LogP contribution < -0.4 is 5.32 Å². The van der Waals surface area contributed by atoms with Gasteiger partial charge in [-0.3, -0.25) is 23.2 Å². The lowest BCUT2D eigenvalue weighted by molar-refractivity contribution is -0.162. The fraction of sp³-hybridized carbons (Fsp3) is 0.500. The largest absolute Gasteiger partial charge is 0.480 e. The molecule has 0 radical (unpaired) electrons. The molecule has 0 heterocycles. The molecule has 12 nitrogen and oxygen atoms in total. The van der Waals surface area contributed by atoms with Gasteiger partial charge in [0.05, 0.1) is 17.0 Å². The Hall–Kier alpha value is -3.73. The molecule has 0 spiro atoms. The second-order valence-electron chi connectivity index (χ2n) is 12.9. The van der Waals surface area contributed by atoms with Crippen molar-refractivity contribution >= 4 is 31.6 Å². The van der Waals surface area contributed by atoms with Crippen molar-refractivity contribution in [2.24, 2.45) is 16.7 Å². The number of amides is 1. The molecule has 13 heteroatoms. The number of carbonyl (C=O) groups excluding carboxylic acids is 3. The Bertz CT molecular complexity index is 1360. The average Bonchev–Trinajstić information content (AvgIpc) is 3.27. The Morgan fingerprint density at radius 3 is 1.67 bits per heavy atom. The number of nitrogens with one attached hydrogen (secondary N) is 1. The van der Waals surface area contributed by atoms with Gasteiger partial charge in [0.15, 0.2) is 0 Å². The van der Waals surface area contributed by atoms with Crippen LogP contribution in [0.4, 0.5) is 4.79 Å². The quantitative estimate of drug-likeness (QED) is 0.115. The molecule has 0 fully saturated rings. The Balaban J connectivity index is 1.67. The van der Waals surface area contributed by atoms with Crippen molar-refractivity contribution < 1.29 is 52.1 Å². The maximum Gasteiger partial charge on any atom is 0.407 e. The zero-order chi connectivity index (χ0) is 33.6. The van der Waals surface area contributed by atoms with E-state index in [4.69, 9.17) is 23.3 Å². The van der Waals surface area contributed by atoms with Crippen LogP contribution in [0.2, 0.25) is 0 Å². The summed E-state index contributed by atoms with van der Waals surface area (Å²) in [7, 11) is -4.25. The van der Waals surface area contributed by atoms with E-state index in [0.29, 0.717) is 0 Å². The molecule has 0 bridgehead atoms. The topological polar surface area (TPSA) is 164 Å². The van der Waals surface area contributed by atoms with Gasteiger partial charge in [-0.25, -0.2) is 9.59 Å². The first-order valence-electron chi connectivity index (χ1n) is 14.5. The number of benzene rings is 2. The van der Waals surface area contributed by atoms with E-state index in [1.165, 1.54) is 6.92 Å². The van der Waals surface area contributed by atoms with E-state index in [0.717, 1.165) is 22.3 Å². The molecule has 0 saturated heterocycles. The molecule has 2 aromatic rings. The van der Waals surface area contributed by atoms with E-state index in [1.54, 1.807) is 41.5 Å². The third-order valence-corrected chi connectivity index (χ3v) is 9.09. The van der Waals surface area contributed by atoms with E-state index in [9.17, 15) is 28.8 Å². The van der Waals surface area contributed by atoms with Crippen molar-refractivity contribution in [2.75, 3.05) is 26.4 Å². The third kappa shape index (κ3) is 9.63. The number of aliphatic carboxylic acids is 1. The van der Waals surface area contributed by atoms with Crippen LogP contribution in [0.15, 0.2) is 48.5 Å². The summed E-state index contributed by atoms with van der Waals surface area (Å²) in [5.41, 5.74) is 2.32. The van der Waals surface area contributed by atoms with Gasteiger partial charge in [-0.15, -0.1) is 0 Å². The van der Waals surface area contributed by atoms with Crippen molar-refractivity contribution in [2.45, 2.75) is 60.4 Å². The average molecular weight is 648 g/mol. The zero-order valence-electron chi connectivity index (χ0n) is 26.7. The summed E-state index contributed by atoms with van der Waals surface area (Å²) < 4.78 is 39.9. The summed E-state index contributed by atoms with van der Waals surface area (Å²) in [4.78, 5) is 49.4. The molecule has 1 aliphatic rings. The fourth-order valence-electron chi connectivity index (χ4n) is 4.57. The molecular formula is C32H42NO11P. The molecular weight excluding hydrogens is 605 g/mol. The van der Waals surface area contributed by atoms with Crippen LogP contribution in [-0.4, -0.2) is 61.5 Å². The van der Waals surface area contributed by atoms with Gasteiger partial charge in [0.2, 0.25) is 13.6 Å². The maximum atomic E-state index is 13.7. The predicted molar refractivity (Wildman–Crippen MR) is 164 cm³/mol. The number of hydrogen-bond acceptors (Lipinski definition) is 10. The molecule has 1 amide bonds. The van der Waals surface area contributed by atoms with Crippen LogP contribution in [-0.2, 0) is 42.2 Å². The summed E-state index contributed by atoms with van der Waals surface area (Å²) in [6.07, 6.45) is -1.51. The summed E-state index contributed by atoms with van der Waals surface area (Å²) in [5.74, 6) is -3.97. The van der Waals surface area contributed by atoms with Crippen LogP contribution in [0, 0.1) is 16.7 Å². The number of rotatable bonds is 13. The predicted octanol–water partition coefficient (Wildman–Crippen LogP) is 5.93. The number of carbonyl (C=O) groups is 4. The van der Waals surface area contributed by atoms with Crippen LogP contribution >= 0.6 is 7.60 Å². The van der Waals surface area contributed by atoms with E-state index in [2.05, 4.69) is 5.32 Å². The minimum Gasteiger partial charge on any atom is -0.480 e. The van der Waals surface area contributed by atoms with Crippen LogP contribution in [0.5, 0.6) is 0 Å². The third-order valence-electron chi connectivity index (χ3n) is 7.07. The first-order valence-corrected chi connectivity index (χ1v) is 16.2. The zero-order valence-corrected chi connectivity index (χ0v) is 27.6. The second-order valence-corrected chi connectivity index (χ2v) is 15.0. The van der Waals surface area contributed by atoms with Gasteiger partial charge >= 0.3 is 31.6 Å². The lowest BCUT2D eigenvalue weighted by Crippen LogP contribution is -2.46. The Kier molecular flexibility index (Phi) is 11.6. The molecule has 2 atom stereocenters. The van der Waals surface area contributed by atoms with Crippen molar-refractivity contribution in [3.63, 3.8) is 0 Å². The smallest absolute Gasteiger partial charge is 0.407 e. The number of carboxylic acid groups (broad SMARTS) is 1. The van der Waals surface area contributed by atoms with Crippen molar-refractivity contribution in [1.82, 2.24) is 5.32 Å². The van der Waals surface area contributed by atoms with Gasteiger partial charge in [-0.2, -0.15) is 0 Å². The number of ether oxygens (including phenoxy) is 3. The van der Waals surface area contributed by atoms with E-state index < -0.39 is 74.1 Å². The molecule has 0 aliphatic heterocycles. The van der Waals surface area contributed by atoms with Gasteiger partial charge < -0.3 is 24.6 Å². The first kappa shape index (κ1) is 35.7. The number of esters is 2. The Labute approximate surface area is 263 Å². The highest BCUT2D eigenvalue weighted by Crippen LogP contribution is 2.50. The first-order chi connectivity index (χ1) is 20.9. The van der Waals surface area contributed by atoms with Crippen molar-refractivity contribution in [3.8, 4) is 11.1 Å². The minimum atomic E-state index is -4.25. The fourth-order valence-corrected chi connectivity index (χ4v) is 6.20. The van der Waals surface area contributed by atoms with E-state index in [-0.39, 0.29) is 12.5 Å². The number of fused-ring (bicyclic) bond motifs is 3. The molecule has 0 aromatic heterocycles. The van der Waals surface area contributed by atoms with E-state index >= 15 is 0 Å². The standard InChI is InChI=1S/C32H42NO11P/c1-20(17-45(39,43-18-41-28(36)31(2,3)4)44-19-42-29(37)32(5,6)7)26(27(34)35)33-30(38)40-16-25-23-14-10-8-12-21(23)22-13-9-11-15-24(22)25/h8-15,20,25-26H,16-19H2,1-7H3,(H,33,38)(H,34,35)/t20-,26-/m0/s1. The van der Waals surface area contributed by atoms with Gasteiger partial charge in [-0.1, -0.05) is 55.5 Å². The van der Waals surface area contributed by atoms with Gasteiger partial charge in [-0.05, 0) is 69.7 Å². The monoisotopic (exact) mass is 647 g/mol.